The number of piperidine rings is 1. The van der Waals surface area contributed by atoms with Crippen molar-refractivity contribution in [3.63, 3.8) is 0 Å². The van der Waals surface area contributed by atoms with Gasteiger partial charge in [-0.3, -0.25) is 0 Å². The van der Waals surface area contributed by atoms with Crippen molar-refractivity contribution < 1.29 is 14.3 Å². The number of anilines is 1. The molecular formula is C20H30N4O3. The SMILES string of the molecule is CCOC(=O)N1CCC(NC(=O)N2CCN(c3ccc(C)cc3)CC2)CC1. The first kappa shape index (κ1) is 19.3. The number of hydrogen-bond donors (Lipinski definition) is 1. The number of likely N-dealkylation sites (tertiary alicyclic amines) is 1. The van der Waals surface area contributed by atoms with Gasteiger partial charge in [0, 0.05) is 51.0 Å². The average Bonchev–Trinajstić information content (AvgIpc) is 2.69. The fourth-order valence-corrected chi connectivity index (χ4v) is 3.61. The number of nitrogens with zero attached hydrogens (tertiary/aromatic N) is 3. The second kappa shape index (κ2) is 8.97. The molecule has 3 amide bonds. The van der Waals surface area contributed by atoms with Crippen LogP contribution in [0.3, 0.4) is 0 Å². The second-order valence-electron chi connectivity index (χ2n) is 7.22. The summed E-state index contributed by atoms with van der Waals surface area (Å²) in [6.07, 6.45) is 1.29. The fraction of sp³-hybridized carbons (Fsp3) is 0.600. The molecule has 1 aromatic carbocycles. The van der Waals surface area contributed by atoms with Crippen LogP contribution in [0.2, 0.25) is 0 Å². The van der Waals surface area contributed by atoms with Gasteiger partial charge in [-0.2, -0.15) is 0 Å². The Bertz CT molecular complexity index is 633. The fourth-order valence-electron chi connectivity index (χ4n) is 3.61. The highest BCUT2D eigenvalue weighted by Gasteiger charge is 2.27. The van der Waals surface area contributed by atoms with Crippen molar-refractivity contribution >= 4 is 17.8 Å². The van der Waals surface area contributed by atoms with E-state index in [0.29, 0.717) is 19.7 Å². The molecule has 0 aliphatic carbocycles. The molecule has 1 aromatic rings. The van der Waals surface area contributed by atoms with E-state index in [1.165, 1.54) is 11.3 Å². The van der Waals surface area contributed by atoms with Crippen molar-refractivity contribution in [3.05, 3.63) is 29.8 Å². The van der Waals surface area contributed by atoms with Crippen LogP contribution in [0.1, 0.15) is 25.3 Å². The van der Waals surface area contributed by atoms with Gasteiger partial charge < -0.3 is 24.8 Å². The zero-order valence-electron chi connectivity index (χ0n) is 16.3. The molecule has 0 spiro atoms. The van der Waals surface area contributed by atoms with Crippen LogP contribution in [-0.2, 0) is 4.74 Å². The van der Waals surface area contributed by atoms with Crippen LogP contribution in [0, 0.1) is 6.92 Å². The number of benzene rings is 1. The molecule has 3 rings (SSSR count). The number of hydrogen-bond acceptors (Lipinski definition) is 4. The number of nitrogens with one attached hydrogen (secondary N) is 1. The van der Waals surface area contributed by atoms with E-state index < -0.39 is 0 Å². The van der Waals surface area contributed by atoms with Gasteiger partial charge >= 0.3 is 12.1 Å². The molecule has 7 heteroatoms. The number of carbonyl (C=O) groups excluding carboxylic acids is 2. The quantitative estimate of drug-likeness (QED) is 0.883. The first-order chi connectivity index (χ1) is 13.1. The van der Waals surface area contributed by atoms with Gasteiger partial charge in [0.15, 0.2) is 0 Å². The van der Waals surface area contributed by atoms with Gasteiger partial charge in [-0.1, -0.05) is 17.7 Å². The predicted molar refractivity (Wildman–Crippen MR) is 105 cm³/mol. The van der Waals surface area contributed by atoms with E-state index in [2.05, 4.69) is 41.4 Å². The summed E-state index contributed by atoms with van der Waals surface area (Å²) >= 11 is 0. The maximum atomic E-state index is 12.6. The minimum Gasteiger partial charge on any atom is -0.450 e. The summed E-state index contributed by atoms with van der Waals surface area (Å²) in [5, 5.41) is 3.13. The summed E-state index contributed by atoms with van der Waals surface area (Å²) in [5.41, 5.74) is 2.47. The Morgan fingerprint density at radius 2 is 1.63 bits per heavy atom. The van der Waals surface area contributed by atoms with E-state index in [-0.39, 0.29) is 18.2 Å². The molecule has 2 fully saturated rings. The Morgan fingerprint density at radius 3 is 2.22 bits per heavy atom. The standard InChI is InChI=1S/C20H30N4O3/c1-3-27-20(26)24-10-8-17(9-11-24)21-19(25)23-14-12-22(13-15-23)18-6-4-16(2)5-7-18/h4-7,17H,3,8-15H2,1-2H3,(H,21,25). The van der Waals surface area contributed by atoms with E-state index in [0.717, 1.165) is 39.0 Å². The Balaban J connectivity index is 1.41. The molecule has 1 N–H and O–H groups in total. The van der Waals surface area contributed by atoms with Crippen LogP contribution < -0.4 is 10.2 Å². The van der Waals surface area contributed by atoms with Crippen LogP contribution in [0.5, 0.6) is 0 Å². The van der Waals surface area contributed by atoms with Gasteiger partial charge in [-0.15, -0.1) is 0 Å². The van der Waals surface area contributed by atoms with Gasteiger partial charge in [0.25, 0.3) is 0 Å². The largest absolute Gasteiger partial charge is 0.450 e. The summed E-state index contributed by atoms with van der Waals surface area (Å²) in [4.78, 5) is 30.2. The van der Waals surface area contributed by atoms with Gasteiger partial charge in [0.1, 0.15) is 0 Å². The number of rotatable bonds is 3. The molecule has 2 saturated heterocycles. The van der Waals surface area contributed by atoms with Crippen molar-refractivity contribution in [2.75, 3.05) is 50.8 Å². The lowest BCUT2D eigenvalue weighted by Gasteiger charge is -2.38. The number of ether oxygens (including phenoxy) is 1. The van der Waals surface area contributed by atoms with Crippen molar-refractivity contribution in [1.82, 2.24) is 15.1 Å². The van der Waals surface area contributed by atoms with Crippen LogP contribution >= 0.6 is 0 Å². The zero-order chi connectivity index (χ0) is 19.2. The van der Waals surface area contributed by atoms with Gasteiger partial charge in [0.2, 0.25) is 0 Å². The summed E-state index contributed by atoms with van der Waals surface area (Å²) < 4.78 is 5.03. The molecule has 7 nitrogen and oxygen atoms in total. The monoisotopic (exact) mass is 374 g/mol. The summed E-state index contributed by atoms with van der Waals surface area (Å²) in [6.45, 7) is 8.69. The van der Waals surface area contributed by atoms with Gasteiger partial charge in [0.05, 0.1) is 6.61 Å². The molecule has 0 unspecified atom stereocenters. The van der Waals surface area contributed by atoms with Crippen molar-refractivity contribution in [2.45, 2.75) is 32.7 Å². The molecule has 2 heterocycles. The van der Waals surface area contributed by atoms with Crippen LogP contribution in [0.4, 0.5) is 15.3 Å². The third kappa shape index (κ3) is 5.05. The maximum Gasteiger partial charge on any atom is 0.409 e. The number of piperazine rings is 1. The lowest BCUT2D eigenvalue weighted by Crippen LogP contribution is -2.55. The molecule has 0 saturated carbocycles. The second-order valence-corrected chi connectivity index (χ2v) is 7.22. The third-order valence-corrected chi connectivity index (χ3v) is 5.31. The van der Waals surface area contributed by atoms with Gasteiger partial charge in [-0.25, -0.2) is 9.59 Å². The summed E-state index contributed by atoms with van der Waals surface area (Å²) in [5.74, 6) is 0. The van der Waals surface area contributed by atoms with E-state index >= 15 is 0 Å². The Morgan fingerprint density at radius 1 is 1.00 bits per heavy atom. The van der Waals surface area contributed by atoms with Crippen LogP contribution in [0.25, 0.3) is 0 Å². The van der Waals surface area contributed by atoms with Crippen molar-refractivity contribution in [3.8, 4) is 0 Å². The Hall–Kier alpha value is -2.44. The van der Waals surface area contributed by atoms with Gasteiger partial charge in [-0.05, 0) is 38.8 Å². The number of amides is 3. The molecule has 0 radical (unpaired) electrons. The number of urea groups is 1. The molecule has 0 aromatic heterocycles. The molecule has 2 aliphatic rings. The molecule has 0 atom stereocenters. The minimum absolute atomic E-state index is 0.00754. The molecule has 148 valence electrons. The molecule has 0 bridgehead atoms. The summed E-state index contributed by atoms with van der Waals surface area (Å²) in [7, 11) is 0. The lowest BCUT2D eigenvalue weighted by molar-refractivity contribution is 0.0950. The van der Waals surface area contributed by atoms with Crippen molar-refractivity contribution in [2.24, 2.45) is 0 Å². The Kier molecular flexibility index (Phi) is 6.42. The molecular weight excluding hydrogens is 344 g/mol. The zero-order valence-corrected chi connectivity index (χ0v) is 16.3. The smallest absolute Gasteiger partial charge is 0.409 e. The van der Waals surface area contributed by atoms with E-state index in [1.54, 1.807) is 4.90 Å². The highest BCUT2D eigenvalue weighted by atomic mass is 16.6. The van der Waals surface area contributed by atoms with Crippen molar-refractivity contribution in [1.29, 1.82) is 0 Å². The van der Waals surface area contributed by atoms with E-state index in [9.17, 15) is 9.59 Å². The normalized spacial score (nSPS) is 18.4. The first-order valence-electron chi connectivity index (χ1n) is 9.85. The first-order valence-corrected chi connectivity index (χ1v) is 9.85. The van der Waals surface area contributed by atoms with E-state index in [4.69, 9.17) is 4.74 Å². The number of aryl methyl sites for hydroxylation is 1. The lowest BCUT2D eigenvalue weighted by atomic mass is 10.1. The summed E-state index contributed by atoms with van der Waals surface area (Å²) in [6, 6.07) is 8.66. The Labute approximate surface area is 161 Å². The van der Waals surface area contributed by atoms with Crippen LogP contribution in [0.15, 0.2) is 24.3 Å². The molecule has 27 heavy (non-hydrogen) atoms. The topological polar surface area (TPSA) is 65.1 Å². The van der Waals surface area contributed by atoms with Crippen LogP contribution in [-0.4, -0.2) is 73.8 Å². The minimum atomic E-state index is -0.255. The highest BCUT2D eigenvalue weighted by Crippen LogP contribution is 2.17. The predicted octanol–water partition coefficient (Wildman–Crippen LogP) is 2.45. The number of carbonyl (C=O) groups is 2. The van der Waals surface area contributed by atoms with E-state index in [1.807, 2.05) is 11.8 Å². The average molecular weight is 374 g/mol. The third-order valence-electron chi connectivity index (χ3n) is 5.31. The maximum absolute atomic E-state index is 12.6. The highest BCUT2D eigenvalue weighted by molar-refractivity contribution is 5.75. The molecule has 2 aliphatic heterocycles.